The highest BCUT2D eigenvalue weighted by atomic mass is 35.5. The Kier molecular flexibility index (Phi) is 6.98. The minimum absolute atomic E-state index is 0.664. The smallest absolute Gasteiger partial charge is 0.0348 e. The maximum Gasteiger partial charge on any atom is 0.0348 e. The highest BCUT2D eigenvalue weighted by molar-refractivity contribution is 6.18. The molecule has 0 aliphatic carbocycles. The quantitative estimate of drug-likeness (QED) is 0.385. The lowest BCUT2D eigenvalue weighted by Gasteiger charge is -2.06. The maximum absolute atomic E-state index is 5.33. The third kappa shape index (κ3) is 4.36. The zero-order valence-electron chi connectivity index (χ0n) is 12.8. The second-order valence-corrected chi connectivity index (χ2v) is 5.83. The Labute approximate surface area is 142 Å². The summed E-state index contributed by atoms with van der Waals surface area (Å²) in [7, 11) is 0. The molecule has 0 amide bonds. The van der Waals surface area contributed by atoms with Gasteiger partial charge in [0.15, 0.2) is 0 Å². The number of halogens is 2. The summed E-state index contributed by atoms with van der Waals surface area (Å²) < 4.78 is 0. The van der Waals surface area contributed by atoms with Crippen LogP contribution in [0.3, 0.4) is 0 Å². The van der Waals surface area contributed by atoms with Gasteiger partial charge in [0.2, 0.25) is 0 Å². The van der Waals surface area contributed by atoms with Gasteiger partial charge >= 0.3 is 0 Å². The molecule has 1 nitrogen and oxygen atoms in total. The molecule has 3 aromatic carbocycles. The van der Waals surface area contributed by atoms with E-state index in [0.29, 0.717) is 11.8 Å². The number of aryl methyl sites for hydroxylation is 1. The Morgan fingerprint density at radius 2 is 1.23 bits per heavy atom. The summed E-state index contributed by atoms with van der Waals surface area (Å²) in [6, 6.07) is 19.4. The predicted octanol–water partition coefficient (Wildman–Crippen LogP) is 5.36. The first kappa shape index (κ1) is 17.1. The minimum atomic E-state index is 0.664. The van der Waals surface area contributed by atoms with Crippen molar-refractivity contribution in [1.29, 1.82) is 0 Å². The largest absolute Gasteiger partial charge is 0.314 e. The first-order valence-corrected chi connectivity index (χ1v) is 8.54. The fraction of sp³-hybridized carbons (Fsp3) is 0.263. The van der Waals surface area contributed by atoms with E-state index in [9.17, 15) is 0 Å². The molecule has 0 spiro atoms. The molecule has 3 aromatic rings. The molecule has 0 aromatic heterocycles. The molecular formula is C19H21Cl2N. The van der Waals surface area contributed by atoms with E-state index in [2.05, 4.69) is 66.8 Å². The Hall–Kier alpha value is -1.28. The highest BCUT2D eigenvalue weighted by Crippen LogP contribution is 2.27. The van der Waals surface area contributed by atoms with Gasteiger partial charge in [0.25, 0.3) is 0 Å². The van der Waals surface area contributed by atoms with E-state index in [1.165, 1.54) is 27.1 Å². The molecule has 0 aliphatic heterocycles. The SMILES string of the molecule is Cc1c2ccccc2cc2ccccc12.ClCCNCCCl. The molecular weight excluding hydrogens is 313 g/mol. The minimum Gasteiger partial charge on any atom is -0.314 e. The fourth-order valence-corrected chi connectivity index (χ4v) is 2.77. The van der Waals surface area contributed by atoms with Gasteiger partial charge in [-0.3, -0.25) is 0 Å². The zero-order valence-corrected chi connectivity index (χ0v) is 14.3. The van der Waals surface area contributed by atoms with Crippen molar-refractivity contribution in [1.82, 2.24) is 5.32 Å². The molecule has 0 aliphatic rings. The van der Waals surface area contributed by atoms with Crippen LogP contribution in [0, 0.1) is 6.92 Å². The van der Waals surface area contributed by atoms with Crippen LogP contribution in [0.4, 0.5) is 0 Å². The van der Waals surface area contributed by atoms with Crippen LogP contribution in [0.5, 0.6) is 0 Å². The number of hydrogen-bond donors (Lipinski definition) is 1. The highest BCUT2D eigenvalue weighted by Gasteiger charge is 2.01. The molecule has 22 heavy (non-hydrogen) atoms. The molecule has 0 atom stereocenters. The number of rotatable bonds is 4. The lowest BCUT2D eigenvalue weighted by Crippen LogP contribution is -2.18. The van der Waals surface area contributed by atoms with Crippen LogP contribution in [-0.2, 0) is 0 Å². The first-order chi connectivity index (χ1) is 10.8. The van der Waals surface area contributed by atoms with Gasteiger partial charge in [-0.05, 0) is 40.1 Å². The van der Waals surface area contributed by atoms with Gasteiger partial charge in [-0.2, -0.15) is 0 Å². The molecule has 3 heteroatoms. The Balaban J connectivity index is 0.000000217. The average molecular weight is 334 g/mol. The van der Waals surface area contributed by atoms with Crippen molar-refractivity contribution < 1.29 is 0 Å². The molecule has 0 radical (unpaired) electrons. The predicted molar refractivity (Wildman–Crippen MR) is 101 cm³/mol. The van der Waals surface area contributed by atoms with Crippen LogP contribution in [0.1, 0.15) is 5.56 Å². The van der Waals surface area contributed by atoms with Crippen LogP contribution in [0.2, 0.25) is 0 Å². The van der Waals surface area contributed by atoms with Gasteiger partial charge in [0.1, 0.15) is 0 Å². The van der Waals surface area contributed by atoms with Crippen molar-refractivity contribution >= 4 is 44.7 Å². The standard InChI is InChI=1S/C15H12.C4H9Cl2N/c1-11-14-8-4-2-6-12(14)10-13-7-3-5-9-15(11)13;5-1-3-7-4-2-6/h2-10H,1H3;7H,1-4H2. The number of nitrogens with one attached hydrogen (secondary N) is 1. The summed E-state index contributed by atoms with van der Waals surface area (Å²) in [5, 5.41) is 8.39. The molecule has 0 saturated carbocycles. The second kappa shape index (κ2) is 8.99. The van der Waals surface area contributed by atoms with Crippen LogP contribution in [-0.4, -0.2) is 24.8 Å². The second-order valence-electron chi connectivity index (χ2n) is 5.07. The topological polar surface area (TPSA) is 12.0 Å². The van der Waals surface area contributed by atoms with E-state index < -0.39 is 0 Å². The van der Waals surface area contributed by atoms with Gasteiger partial charge in [-0.25, -0.2) is 0 Å². The Morgan fingerprint density at radius 1 is 0.773 bits per heavy atom. The van der Waals surface area contributed by atoms with E-state index in [1.807, 2.05) is 0 Å². The summed E-state index contributed by atoms with van der Waals surface area (Å²) in [4.78, 5) is 0. The third-order valence-corrected chi connectivity index (χ3v) is 3.96. The van der Waals surface area contributed by atoms with Crippen molar-refractivity contribution in [3.63, 3.8) is 0 Å². The van der Waals surface area contributed by atoms with Crippen molar-refractivity contribution in [2.45, 2.75) is 6.92 Å². The van der Waals surface area contributed by atoms with Crippen LogP contribution in [0.25, 0.3) is 21.5 Å². The lowest BCUT2D eigenvalue weighted by atomic mass is 9.98. The van der Waals surface area contributed by atoms with Gasteiger partial charge < -0.3 is 5.32 Å². The van der Waals surface area contributed by atoms with Gasteiger partial charge in [0.05, 0.1) is 0 Å². The summed E-state index contributed by atoms with van der Waals surface area (Å²) in [6.45, 7) is 3.91. The Morgan fingerprint density at radius 3 is 1.68 bits per heavy atom. The van der Waals surface area contributed by atoms with Gasteiger partial charge in [-0.15, -0.1) is 23.2 Å². The zero-order chi connectivity index (χ0) is 15.8. The maximum atomic E-state index is 5.33. The number of hydrogen-bond acceptors (Lipinski definition) is 1. The molecule has 0 saturated heterocycles. The average Bonchev–Trinajstić information content (AvgIpc) is 2.56. The fourth-order valence-electron chi connectivity index (χ4n) is 2.50. The van der Waals surface area contributed by atoms with Crippen molar-refractivity contribution in [3.8, 4) is 0 Å². The molecule has 0 heterocycles. The molecule has 116 valence electrons. The molecule has 0 unspecified atom stereocenters. The molecule has 3 rings (SSSR count). The molecule has 1 N–H and O–H groups in total. The summed E-state index contributed by atoms with van der Waals surface area (Å²) in [5.41, 5.74) is 1.38. The summed E-state index contributed by atoms with van der Waals surface area (Å²) >= 11 is 10.7. The number of alkyl halides is 2. The van der Waals surface area contributed by atoms with Gasteiger partial charge in [0, 0.05) is 24.8 Å². The normalized spacial score (nSPS) is 10.5. The van der Waals surface area contributed by atoms with E-state index in [-0.39, 0.29) is 0 Å². The van der Waals surface area contributed by atoms with Gasteiger partial charge in [-0.1, -0.05) is 48.5 Å². The van der Waals surface area contributed by atoms with E-state index in [1.54, 1.807) is 0 Å². The molecule has 0 fully saturated rings. The molecule has 0 bridgehead atoms. The summed E-state index contributed by atoms with van der Waals surface area (Å²) in [5.74, 6) is 1.33. The lowest BCUT2D eigenvalue weighted by molar-refractivity contribution is 0.770. The van der Waals surface area contributed by atoms with Crippen molar-refractivity contribution in [3.05, 3.63) is 60.2 Å². The Bertz CT molecular complexity index is 667. The number of fused-ring (bicyclic) bond motifs is 2. The first-order valence-electron chi connectivity index (χ1n) is 7.47. The van der Waals surface area contributed by atoms with Crippen LogP contribution < -0.4 is 5.32 Å². The van der Waals surface area contributed by atoms with Crippen LogP contribution in [0.15, 0.2) is 54.6 Å². The monoisotopic (exact) mass is 333 g/mol. The van der Waals surface area contributed by atoms with E-state index in [0.717, 1.165) is 13.1 Å². The van der Waals surface area contributed by atoms with E-state index in [4.69, 9.17) is 23.2 Å². The van der Waals surface area contributed by atoms with Crippen LogP contribution >= 0.6 is 23.2 Å². The van der Waals surface area contributed by atoms with Crippen molar-refractivity contribution in [2.24, 2.45) is 0 Å². The summed E-state index contributed by atoms with van der Waals surface area (Å²) in [6.07, 6.45) is 0. The number of benzene rings is 3. The third-order valence-electron chi connectivity index (χ3n) is 3.58. The van der Waals surface area contributed by atoms with Crippen molar-refractivity contribution in [2.75, 3.05) is 24.8 Å². The van der Waals surface area contributed by atoms with E-state index >= 15 is 0 Å².